The van der Waals surface area contributed by atoms with Crippen molar-refractivity contribution in [1.82, 2.24) is 0 Å². The summed E-state index contributed by atoms with van der Waals surface area (Å²) in [7, 11) is 3.31. The molecule has 1 aromatic rings. The zero-order chi connectivity index (χ0) is 13.6. The third kappa shape index (κ3) is 3.72. The normalized spacial score (nSPS) is 16.1. The summed E-state index contributed by atoms with van der Waals surface area (Å²) in [5.41, 5.74) is 0.747. The molecule has 1 N–H and O–H groups in total. The lowest BCUT2D eigenvalue weighted by molar-refractivity contribution is -0.0945. The van der Waals surface area contributed by atoms with E-state index in [4.69, 9.17) is 9.47 Å². The third-order valence-corrected chi connectivity index (χ3v) is 3.74. The first kappa shape index (κ1) is 15.0. The Hall–Kier alpha value is -1.06. The van der Waals surface area contributed by atoms with Crippen LogP contribution >= 0.6 is 0 Å². The van der Waals surface area contributed by atoms with Crippen LogP contribution in [-0.4, -0.2) is 31.0 Å². The number of aryl methyl sites for hydroxylation is 1. The molecule has 0 aliphatic heterocycles. The lowest BCUT2D eigenvalue weighted by atomic mass is 9.91. The van der Waals surface area contributed by atoms with Crippen molar-refractivity contribution in [3.05, 3.63) is 29.8 Å². The number of benzene rings is 1. The molecule has 3 nitrogen and oxygen atoms in total. The van der Waals surface area contributed by atoms with E-state index in [0.29, 0.717) is 6.42 Å². The molecular weight excluding hydrogens is 228 g/mol. The second-order valence-electron chi connectivity index (χ2n) is 4.77. The number of hydrogen-bond acceptors (Lipinski definition) is 3. The van der Waals surface area contributed by atoms with E-state index in [0.717, 1.165) is 18.6 Å². The third-order valence-electron chi connectivity index (χ3n) is 3.74. The SMILES string of the molecule is CCC(C)(OC)C(O)CCc1ccc(OC)cc1. The average Bonchev–Trinajstić information content (AvgIpc) is 2.44. The van der Waals surface area contributed by atoms with Crippen LogP contribution < -0.4 is 4.74 Å². The van der Waals surface area contributed by atoms with Crippen LogP contribution in [0.15, 0.2) is 24.3 Å². The van der Waals surface area contributed by atoms with Crippen molar-refractivity contribution in [3.63, 3.8) is 0 Å². The van der Waals surface area contributed by atoms with Gasteiger partial charge in [-0.3, -0.25) is 0 Å². The van der Waals surface area contributed by atoms with Gasteiger partial charge in [-0.15, -0.1) is 0 Å². The average molecular weight is 252 g/mol. The van der Waals surface area contributed by atoms with Crippen molar-refractivity contribution < 1.29 is 14.6 Å². The van der Waals surface area contributed by atoms with Gasteiger partial charge in [-0.2, -0.15) is 0 Å². The Balaban J connectivity index is 2.53. The zero-order valence-corrected chi connectivity index (χ0v) is 11.8. The molecule has 0 saturated carbocycles. The highest BCUT2D eigenvalue weighted by Gasteiger charge is 2.30. The number of ether oxygens (including phenoxy) is 2. The summed E-state index contributed by atoms with van der Waals surface area (Å²) in [5.74, 6) is 0.856. The van der Waals surface area contributed by atoms with Gasteiger partial charge in [-0.1, -0.05) is 19.1 Å². The van der Waals surface area contributed by atoms with Crippen LogP contribution in [0.5, 0.6) is 5.75 Å². The van der Waals surface area contributed by atoms with Crippen LogP contribution in [0, 0.1) is 0 Å². The van der Waals surface area contributed by atoms with Crippen LogP contribution in [0.4, 0.5) is 0 Å². The first-order valence-corrected chi connectivity index (χ1v) is 6.42. The molecule has 2 unspecified atom stereocenters. The fourth-order valence-corrected chi connectivity index (χ4v) is 1.92. The maximum absolute atomic E-state index is 10.2. The van der Waals surface area contributed by atoms with Gasteiger partial charge in [0.1, 0.15) is 5.75 Å². The minimum atomic E-state index is -0.452. The van der Waals surface area contributed by atoms with Gasteiger partial charge in [0, 0.05) is 7.11 Å². The number of aliphatic hydroxyl groups is 1. The highest BCUT2D eigenvalue weighted by molar-refractivity contribution is 5.27. The Morgan fingerprint density at radius 3 is 2.28 bits per heavy atom. The molecule has 0 aliphatic rings. The van der Waals surface area contributed by atoms with Crippen molar-refractivity contribution in [1.29, 1.82) is 0 Å². The van der Waals surface area contributed by atoms with Gasteiger partial charge in [0.2, 0.25) is 0 Å². The largest absolute Gasteiger partial charge is 0.497 e. The highest BCUT2D eigenvalue weighted by atomic mass is 16.5. The topological polar surface area (TPSA) is 38.7 Å². The Kier molecular flexibility index (Phi) is 5.63. The van der Waals surface area contributed by atoms with E-state index in [1.807, 2.05) is 38.1 Å². The van der Waals surface area contributed by atoms with Crippen LogP contribution in [0.1, 0.15) is 32.3 Å². The van der Waals surface area contributed by atoms with Crippen LogP contribution in [-0.2, 0) is 11.2 Å². The predicted octanol–water partition coefficient (Wildman–Crippen LogP) is 2.80. The van der Waals surface area contributed by atoms with Gasteiger partial charge in [-0.25, -0.2) is 0 Å². The molecule has 18 heavy (non-hydrogen) atoms. The number of methoxy groups -OCH3 is 2. The second kappa shape index (κ2) is 6.76. The van der Waals surface area contributed by atoms with Gasteiger partial charge >= 0.3 is 0 Å². The summed E-state index contributed by atoms with van der Waals surface area (Å²) >= 11 is 0. The summed E-state index contributed by atoms with van der Waals surface area (Å²) in [6, 6.07) is 7.94. The Bertz CT molecular complexity index is 341. The summed E-state index contributed by atoms with van der Waals surface area (Å²) in [6.45, 7) is 3.98. The summed E-state index contributed by atoms with van der Waals surface area (Å²) in [5, 5.41) is 10.2. The van der Waals surface area contributed by atoms with Crippen LogP contribution in [0.3, 0.4) is 0 Å². The number of rotatable bonds is 7. The van der Waals surface area contributed by atoms with Crippen molar-refractivity contribution in [3.8, 4) is 5.75 Å². The van der Waals surface area contributed by atoms with Crippen molar-refractivity contribution in [2.75, 3.05) is 14.2 Å². The smallest absolute Gasteiger partial charge is 0.118 e. The lowest BCUT2D eigenvalue weighted by Crippen LogP contribution is -2.40. The quantitative estimate of drug-likeness (QED) is 0.811. The van der Waals surface area contributed by atoms with Gasteiger partial charge in [0.25, 0.3) is 0 Å². The molecule has 1 rings (SSSR count). The molecule has 0 spiro atoms. The molecule has 0 saturated heterocycles. The Morgan fingerprint density at radius 1 is 1.22 bits per heavy atom. The highest BCUT2D eigenvalue weighted by Crippen LogP contribution is 2.23. The number of aliphatic hydroxyl groups excluding tert-OH is 1. The molecule has 2 atom stereocenters. The van der Waals surface area contributed by atoms with E-state index in [9.17, 15) is 5.11 Å². The Morgan fingerprint density at radius 2 is 1.83 bits per heavy atom. The molecule has 0 heterocycles. The first-order chi connectivity index (χ1) is 8.55. The minimum absolute atomic E-state index is 0.449. The maximum Gasteiger partial charge on any atom is 0.118 e. The zero-order valence-electron chi connectivity index (χ0n) is 11.8. The van der Waals surface area contributed by atoms with E-state index in [1.165, 1.54) is 5.56 Å². The molecule has 102 valence electrons. The molecule has 0 aliphatic carbocycles. The van der Waals surface area contributed by atoms with Crippen molar-refractivity contribution in [2.45, 2.75) is 44.8 Å². The maximum atomic E-state index is 10.2. The number of hydrogen-bond donors (Lipinski definition) is 1. The Labute approximate surface area is 110 Å². The molecule has 0 fully saturated rings. The lowest BCUT2D eigenvalue weighted by Gasteiger charge is -2.32. The van der Waals surface area contributed by atoms with E-state index in [-0.39, 0.29) is 0 Å². The fraction of sp³-hybridized carbons (Fsp3) is 0.600. The predicted molar refractivity (Wildman–Crippen MR) is 73.0 cm³/mol. The van der Waals surface area contributed by atoms with E-state index in [2.05, 4.69) is 0 Å². The van der Waals surface area contributed by atoms with Gasteiger partial charge in [0.05, 0.1) is 18.8 Å². The van der Waals surface area contributed by atoms with Crippen LogP contribution in [0.25, 0.3) is 0 Å². The van der Waals surface area contributed by atoms with Gasteiger partial charge < -0.3 is 14.6 Å². The molecule has 0 bridgehead atoms. The van der Waals surface area contributed by atoms with Crippen molar-refractivity contribution >= 4 is 0 Å². The molecule has 0 radical (unpaired) electrons. The standard InChI is InChI=1S/C15H24O3/c1-5-15(2,18-4)14(16)11-8-12-6-9-13(17-3)10-7-12/h6-7,9-10,14,16H,5,8,11H2,1-4H3. The molecular formula is C15H24O3. The molecule has 0 amide bonds. The molecule has 1 aromatic carbocycles. The van der Waals surface area contributed by atoms with Gasteiger partial charge in [-0.05, 0) is 43.9 Å². The van der Waals surface area contributed by atoms with E-state index >= 15 is 0 Å². The van der Waals surface area contributed by atoms with Gasteiger partial charge in [0.15, 0.2) is 0 Å². The monoisotopic (exact) mass is 252 g/mol. The fourth-order valence-electron chi connectivity index (χ4n) is 1.92. The van der Waals surface area contributed by atoms with Crippen molar-refractivity contribution in [2.24, 2.45) is 0 Å². The summed E-state index contributed by atoms with van der Waals surface area (Å²) in [6.07, 6.45) is 1.89. The minimum Gasteiger partial charge on any atom is -0.497 e. The summed E-state index contributed by atoms with van der Waals surface area (Å²) in [4.78, 5) is 0. The summed E-state index contributed by atoms with van der Waals surface area (Å²) < 4.78 is 10.5. The molecule has 3 heteroatoms. The first-order valence-electron chi connectivity index (χ1n) is 6.42. The van der Waals surface area contributed by atoms with E-state index in [1.54, 1.807) is 14.2 Å². The second-order valence-corrected chi connectivity index (χ2v) is 4.77. The van der Waals surface area contributed by atoms with Crippen LogP contribution in [0.2, 0.25) is 0 Å². The van der Waals surface area contributed by atoms with E-state index < -0.39 is 11.7 Å². The molecule has 0 aromatic heterocycles.